The first kappa shape index (κ1) is 20.7. The fourth-order valence-corrected chi connectivity index (χ4v) is 5.52. The number of rotatable bonds is 4. The van der Waals surface area contributed by atoms with Gasteiger partial charge in [-0.05, 0) is 50.2 Å². The summed E-state index contributed by atoms with van der Waals surface area (Å²) in [5.74, 6) is -0.439. The lowest BCUT2D eigenvalue weighted by molar-refractivity contribution is -0.138. The van der Waals surface area contributed by atoms with Crippen LogP contribution in [-0.2, 0) is 27.8 Å². The third-order valence-corrected chi connectivity index (χ3v) is 7.28. The van der Waals surface area contributed by atoms with Crippen LogP contribution in [-0.4, -0.2) is 46.6 Å². The number of H-pyrrole nitrogens is 1. The Balaban J connectivity index is 1.36. The highest BCUT2D eigenvalue weighted by Crippen LogP contribution is 2.47. The number of para-hydroxylation sites is 1. The number of anilines is 2. The molecule has 0 bridgehead atoms. The van der Waals surface area contributed by atoms with Crippen LogP contribution in [0.5, 0.6) is 0 Å². The Morgan fingerprint density at radius 1 is 1.09 bits per heavy atom. The maximum Gasteiger partial charge on any atom is 0.303 e. The second-order valence-electron chi connectivity index (χ2n) is 9.18. The number of nitrogens with one attached hydrogen (secondary N) is 1. The van der Waals surface area contributed by atoms with Crippen LogP contribution in [0.1, 0.15) is 55.3 Å². The molecule has 32 heavy (non-hydrogen) atoms. The number of fused-ring (bicyclic) bond motifs is 3. The third-order valence-electron chi connectivity index (χ3n) is 7.28. The predicted octanol–water partition coefficient (Wildman–Crippen LogP) is 2.40. The van der Waals surface area contributed by atoms with E-state index in [1.165, 1.54) is 0 Å². The number of amides is 1. The van der Waals surface area contributed by atoms with Gasteiger partial charge in [-0.15, -0.1) is 0 Å². The van der Waals surface area contributed by atoms with Gasteiger partial charge in [-0.3, -0.25) is 19.4 Å². The molecule has 8 nitrogen and oxygen atoms in total. The van der Waals surface area contributed by atoms with Crippen molar-refractivity contribution in [2.75, 3.05) is 29.4 Å². The van der Waals surface area contributed by atoms with Crippen molar-refractivity contribution in [3.63, 3.8) is 0 Å². The predicted molar refractivity (Wildman–Crippen MR) is 120 cm³/mol. The summed E-state index contributed by atoms with van der Waals surface area (Å²) >= 11 is 0. The average Bonchev–Trinajstić information content (AvgIpc) is 3.12. The average molecular weight is 437 g/mol. The van der Waals surface area contributed by atoms with E-state index in [0.717, 1.165) is 74.1 Å². The normalized spacial score (nSPS) is 19.0. The molecule has 0 unspecified atom stereocenters. The van der Waals surface area contributed by atoms with E-state index in [2.05, 4.69) is 16.0 Å². The molecule has 0 saturated carbocycles. The maximum atomic E-state index is 12.8. The molecule has 0 radical (unpaired) electrons. The molecule has 1 spiro atoms. The van der Waals surface area contributed by atoms with Crippen LogP contribution in [0.15, 0.2) is 29.1 Å². The first-order chi connectivity index (χ1) is 15.5. The van der Waals surface area contributed by atoms with Gasteiger partial charge in [0.25, 0.3) is 5.56 Å². The highest BCUT2D eigenvalue weighted by Gasteiger charge is 2.46. The monoisotopic (exact) mass is 436 g/mol. The molecule has 1 aliphatic carbocycles. The van der Waals surface area contributed by atoms with Gasteiger partial charge in [-0.2, -0.15) is 0 Å². The van der Waals surface area contributed by atoms with Crippen molar-refractivity contribution in [2.24, 2.45) is 0 Å². The topological polar surface area (TPSA) is 107 Å². The number of carbonyl (C=O) groups excluding carboxylic acids is 1. The number of benzene rings is 1. The largest absolute Gasteiger partial charge is 0.481 e. The summed E-state index contributed by atoms with van der Waals surface area (Å²) in [6.07, 6.45) is 5.33. The first-order valence-corrected chi connectivity index (χ1v) is 11.5. The van der Waals surface area contributed by atoms with Gasteiger partial charge in [0.15, 0.2) is 0 Å². The summed E-state index contributed by atoms with van der Waals surface area (Å²) in [4.78, 5) is 48.0. The van der Waals surface area contributed by atoms with Gasteiger partial charge in [-0.25, -0.2) is 4.98 Å². The van der Waals surface area contributed by atoms with E-state index in [4.69, 9.17) is 10.1 Å². The van der Waals surface area contributed by atoms with Crippen molar-refractivity contribution < 1.29 is 14.7 Å². The highest BCUT2D eigenvalue weighted by molar-refractivity contribution is 5.97. The molecule has 0 atom stereocenters. The van der Waals surface area contributed by atoms with Gasteiger partial charge in [0.05, 0.1) is 12.1 Å². The van der Waals surface area contributed by atoms with Crippen molar-refractivity contribution >= 4 is 23.5 Å². The number of aromatic amines is 1. The Morgan fingerprint density at radius 3 is 2.62 bits per heavy atom. The number of hydrogen-bond acceptors (Lipinski definition) is 5. The molecule has 1 aromatic carbocycles. The lowest BCUT2D eigenvalue weighted by atomic mass is 9.74. The van der Waals surface area contributed by atoms with Crippen molar-refractivity contribution in [3.05, 3.63) is 51.4 Å². The molecule has 1 aromatic heterocycles. The minimum absolute atomic E-state index is 0.00611. The molecule has 8 heteroatoms. The second-order valence-corrected chi connectivity index (χ2v) is 9.18. The van der Waals surface area contributed by atoms with E-state index in [-0.39, 0.29) is 29.7 Å². The van der Waals surface area contributed by atoms with Gasteiger partial charge in [0, 0.05) is 42.7 Å². The summed E-state index contributed by atoms with van der Waals surface area (Å²) in [5.41, 5.74) is 3.68. The standard InChI is InChI=1S/C24H28N4O4/c29-20(9-10-21(30)31)28-15-24(17-6-2-4-8-19(17)28)11-13-27(14-12-24)23-25-18-7-3-1-5-16(18)22(32)26-23/h2,4,6,8H,1,3,5,7,9-15H2,(H,30,31)(H,25,26,32). The third kappa shape index (κ3) is 3.57. The van der Waals surface area contributed by atoms with Crippen LogP contribution in [0, 0.1) is 0 Å². The molecule has 5 rings (SSSR count). The van der Waals surface area contributed by atoms with E-state index < -0.39 is 5.97 Å². The number of nitrogens with zero attached hydrogens (tertiary/aromatic N) is 3. The zero-order valence-electron chi connectivity index (χ0n) is 18.1. The van der Waals surface area contributed by atoms with Crippen LogP contribution < -0.4 is 15.4 Å². The molecule has 168 valence electrons. The number of aryl methyl sites for hydroxylation is 1. The maximum absolute atomic E-state index is 12.8. The number of carbonyl (C=O) groups is 2. The van der Waals surface area contributed by atoms with Crippen LogP contribution in [0.2, 0.25) is 0 Å². The van der Waals surface area contributed by atoms with Gasteiger partial charge in [0.2, 0.25) is 11.9 Å². The number of aromatic nitrogens is 2. The van der Waals surface area contributed by atoms with E-state index in [0.29, 0.717) is 12.5 Å². The number of hydrogen-bond donors (Lipinski definition) is 2. The van der Waals surface area contributed by atoms with E-state index >= 15 is 0 Å². The summed E-state index contributed by atoms with van der Waals surface area (Å²) in [6.45, 7) is 2.06. The van der Waals surface area contributed by atoms with E-state index in [1.807, 2.05) is 18.2 Å². The zero-order valence-corrected chi connectivity index (χ0v) is 18.1. The molecule has 3 aliphatic rings. The van der Waals surface area contributed by atoms with Crippen LogP contribution in [0.4, 0.5) is 11.6 Å². The summed E-state index contributed by atoms with van der Waals surface area (Å²) in [5, 5.41) is 8.97. The molecule has 2 aromatic rings. The fraction of sp³-hybridized carbons (Fsp3) is 0.500. The SMILES string of the molecule is O=C(O)CCC(=O)N1CC2(CCN(c3nc4c(c(=O)[nH]3)CCCC4)CC2)c2ccccc21. The molecule has 2 aliphatic heterocycles. The second kappa shape index (κ2) is 8.07. The Morgan fingerprint density at radius 2 is 1.84 bits per heavy atom. The van der Waals surface area contributed by atoms with Gasteiger partial charge in [0.1, 0.15) is 0 Å². The molecular weight excluding hydrogens is 408 g/mol. The van der Waals surface area contributed by atoms with E-state index in [1.54, 1.807) is 4.90 Å². The highest BCUT2D eigenvalue weighted by atomic mass is 16.4. The minimum Gasteiger partial charge on any atom is -0.481 e. The quantitative estimate of drug-likeness (QED) is 0.762. The van der Waals surface area contributed by atoms with Crippen molar-refractivity contribution in [1.82, 2.24) is 9.97 Å². The Hall–Kier alpha value is -3.16. The first-order valence-electron chi connectivity index (χ1n) is 11.5. The van der Waals surface area contributed by atoms with Gasteiger partial charge < -0.3 is 14.9 Å². The number of carboxylic acid groups (broad SMARTS) is 1. The fourth-order valence-electron chi connectivity index (χ4n) is 5.52. The molecule has 1 fully saturated rings. The molecular formula is C24H28N4O4. The van der Waals surface area contributed by atoms with Gasteiger partial charge in [-0.1, -0.05) is 18.2 Å². The number of piperidine rings is 1. The molecule has 1 amide bonds. The lowest BCUT2D eigenvalue weighted by Gasteiger charge is -2.40. The number of aliphatic carboxylic acids is 1. The van der Waals surface area contributed by atoms with Crippen molar-refractivity contribution in [1.29, 1.82) is 0 Å². The van der Waals surface area contributed by atoms with Crippen LogP contribution >= 0.6 is 0 Å². The lowest BCUT2D eigenvalue weighted by Crippen LogP contribution is -2.47. The molecule has 3 heterocycles. The van der Waals surface area contributed by atoms with E-state index in [9.17, 15) is 14.4 Å². The smallest absolute Gasteiger partial charge is 0.303 e. The Bertz CT molecular complexity index is 1120. The summed E-state index contributed by atoms with van der Waals surface area (Å²) in [7, 11) is 0. The van der Waals surface area contributed by atoms with Crippen LogP contribution in [0.3, 0.4) is 0 Å². The number of carboxylic acids is 1. The summed E-state index contributed by atoms with van der Waals surface area (Å²) < 4.78 is 0. The molecule has 1 saturated heterocycles. The summed E-state index contributed by atoms with van der Waals surface area (Å²) in [6, 6.07) is 7.97. The Labute approximate surface area is 186 Å². The zero-order chi connectivity index (χ0) is 22.3. The minimum atomic E-state index is -0.958. The molecule has 2 N–H and O–H groups in total. The van der Waals surface area contributed by atoms with Crippen molar-refractivity contribution in [3.8, 4) is 0 Å². The van der Waals surface area contributed by atoms with Crippen LogP contribution in [0.25, 0.3) is 0 Å². The Kier molecular flexibility index (Phi) is 5.23. The van der Waals surface area contributed by atoms with Crippen molar-refractivity contribution in [2.45, 2.75) is 56.8 Å². The van der Waals surface area contributed by atoms with Gasteiger partial charge >= 0.3 is 5.97 Å².